The van der Waals surface area contributed by atoms with Crippen LogP contribution < -0.4 is 20.3 Å². The lowest BCUT2D eigenvalue weighted by atomic mass is 9.92. The van der Waals surface area contributed by atoms with E-state index < -0.39 is 12.0 Å². The first-order valence-electron chi connectivity index (χ1n) is 11.6. The Balaban J connectivity index is 1.13. The summed E-state index contributed by atoms with van der Waals surface area (Å²) < 4.78 is 45.7. The van der Waals surface area contributed by atoms with Crippen molar-refractivity contribution in [1.82, 2.24) is 35.4 Å². The van der Waals surface area contributed by atoms with Crippen molar-refractivity contribution in [2.45, 2.75) is 44.0 Å². The first-order valence-corrected chi connectivity index (χ1v) is 11.6. The normalized spacial score (nSPS) is 21.2. The molecule has 3 aromatic heterocycles. The van der Waals surface area contributed by atoms with Crippen LogP contribution in [0.2, 0.25) is 0 Å². The molecule has 186 valence electrons. The van der Waals surface area contributed by atoms with Crippen molar-refractivity contribution < 1.29 is 22.7 Å². The summed E-state index contributed by atoms with van der Waals surface area (Å²) in [5.74, 6) is -0.430. The Morgan fingerprint density at radius 3 is 2.51 bits per heavy atom. The number of halogens is 3. The fraction of sp³-hybridized carbons (Fsp3) is 0.500. The molecule has 13 heteroatoms. The molecule has 3 aromatic rings. The van der Waals surface area contributed by atoms with Gasteiger partial charge in [-0.3, -0.25) is 4.79 Å². The average molecular weight is 490 g/mol. The van der Waals surface area contributed by atoms with Crippen molar-refractivity contribution in [2.75, 3.05) is 31.1 Å². The van der Waals surface area contributed by atoms with Crippen LogP contribution in [0.25, 0.3) is 5.65 Å². The lowest BCUT2D eigenvalue weighted by Crippen LogP contribution is -2.44. The highest BCUT2D eigenvalue weighted by molar-refractivity contribution is 5.94. The van der Waals surface area contributed by atoms with E-state index >= 15 is 0 Å². The lowest BCUT2D eigenvalue weighted by Gasteiger charge is -2.29. The van der Waals surface area contributed by atoms with E-state index in [0.717, 1.165) is 32.0 Å². The van der Waals surface area contributed by atoms with Gasteiger partial charge in [-0.15, -0.1) is 15.3 Å². The van der Waals surface area contributed by atoms with Crippen LogP contribution in [0, 0.1) is 0 Å². The monoisotopic (exact) mass is 490 g/mol. The standard InChI is InChI=1S/C22H25F3N8O2/c23-22(24,25)21-30-29-18-7-8-19(31-33(18)21)35-16-4-2-15(3-5-16)28-20(34)14-1-6-17(27-13-14)32-11-9-26-10-12-32/h1,6-8,13,15-16,26H,2-5,9-12H2,(H,28,34). The molecule has 0 bridgehead atoms. The van der Waals surface area contributed by atoms with Gasteiger partial charge >= 0.3 is 6.18 Å². The van der Waals surface area contributed by atoms with Crippen LogP contribution in [-0.2, 0) is 6.18 Å². The molecule has 0 atom stereocenters. The van der Waals surface area contributed by atoms with E-state index in [-0.39, 0.29) is 29.6 Å². The van der Waals surface area contributed by atoms with Gasteiger partial charge in [0.15, 0.2) is 5.65 Å². The highest BCUT2D eigenvalue weighted by atomic mass is 19.4. The van der Waals surface area contributed by atoms with E-state index in [1.165, 1.54) is 12.1 Å². The molecule has 1 saturated carbocycles. The van der Waals surface area contributed by atoms with Crippen molar-refractivity contribution in [3.05, 3.63) is 41.9 Å². The van der Waals surface area contributed by atoms with Gasteiger partial charge in [0.05, 0.1) is 5.56 Å². The number of nitrogens with zero attached hydrogens (tertiary/aromatic N) is 6. The number of alkyl halides is 3. The van der Waals surface area contributed by atoms with Crippen LogP contribution in [0.5, 0.6) is 5.88 Å². The zero-order chi connectivity index (χ0) is 24.4. The summed E-state index contributed by atoms with van der Waals surface area (Å²) in [5, 5.41) is 16.9. The van der Waals surface area contributed by atoms with Gasteiger partial charge in [0.25, 0.3) is 11.7 Å². The van der Waals surface area contributed by atoms with Gasteiger partial charge in [-0.25, -0.2) is 4.98 Å². The van der Waals surface area contributed by atoms with Gasteiger partial charge in [0.1, 0.15) is 11.9 Å². The van der Waals surface area contributed by atoms with Crippen LogP contribution in [0.1, 0.15) is 41.9 Å². The largest absolute Gasteiger partial charge is 0.473 e. The number of hydrogen-bond acceptors (Lipinski definition) is 8. The molecule has 2 fully saturated rings. The Labute approximate surface area is 198 Å². The minimum atomic E-state index is -4.66. The maximum absolute atomic E-state index is 13.1. The highest BCUT2D eigenvalue weighted by Gasteiger charge is 2.38. The molecule has 5 rings (SSSR count). The van der Waals surface area contributed by atoms with Gasteiger partial charge in [-0.05, 0) is 43.9 Å². The third-order valence-corrected chi connectivity index (χ3v) is 6.24. The Kier molecular flexibility index (Phi) is 6.41. The number of hydrogen-bond donors (Lipinski definition) is 2. The predicted octanol–water partition coefficient (Wildman–Crippen LogP) is 2.07. The average Bonchev–Trinajstić information content (AvgIpc) is 3.30. The molecule has 1 amide bonds. The number of anilines is 1. The maximum Gasteiger partial charge on any atom is 0.453 e. The quantitative estimate of drug-likeness (QED) is 0.560. The minimum Gasteiger partial charge on any atom is -0.473 e. The first-order chi connectivity index (χ1) is 16.9. The van der Waals surface area contributed by atoms with E-state index in [4.69, 9.17) is 4.74 Å². The third kappa shape index (κ3) is 5.29. The molecule has 1 aliphatic heterocycles. The van der Waals surface area contributed by atoms with Crippen LogP contribution in [0.4, 0.5) is 19.0 Å². The van der Waals surface area contributed by atoms with Crippen LogP contribution in [-0.4, -0.2) is 69.0 Å². The minimum absolute atomic E-state index is 0.00782. The van der Waals surface area contributed by atoms with Crippen molar-refractivity contribution >= 4 is 17.4 Å². The van der Waals surface area contributed by atoms with E-state index in [1.807, 2.05) is 6.07 Å². The molecule has 1 saturated heterocycles. The second-order valence-electron chi connectivity index (χ2n) is 8.67. The van der Waals surface area contributed by atoms with Crippen LogP contribution >= 0.6 is 0 Å². The zero-order valence-electron chi connectivity index (χ0n) is 18.8. The van der Waals surface area contributed by atoms with Gasteiger partial charge < -0.3 is 20.3 Å². The molecule has 4 heterocycles. The molecular formula is C22H25F3N8O2. The fourth-order valence-electron chi connectivity index (χ4n) is 4.38. The van der Waals surface area contributed by atoms with Crippen LogP contribution in [0.3, 0.4) is 0 Å². The maximum atomic E-state index is 13.1. The molecule has 0 aromatic carbocycles. The van der Waals surface area contributed by atoms with E-state index in [2.05, 4.69) is 35.8 Å². The molecule has 35 heavy (non-hydrogen) atoms. The molecular weight excluding hydrogens is 465 g/mol. The molecule has 2 aliphatic rings. The number of nitrogens with one attached hydrogen (secondary N) is 2. The number of amides is 1. The molecule has 0 unspecified atom stereocenters. The van der Waals surface area contributed by atoms with E-state index in [0.29, 0.717) is 35.8 Å². The molecule has 0 spiro atoms. The second kappa shape index (κ2) is 9.64. The highest BCUT2D eigenvalue weighted by Crippen LogP contribution is 2.28. The number of ether oxygens (including phenoxy) is 1. The van der Waals surface area contributed by atoms with Gasteiger partial charge in [0.2, 0.25) is 5.88 Å². The summed E-state index contributed by atoms with van der Waals surface area (Å²) in [6.07, 6.45) is -0.625. The third-order valence-electron chi connectivity index (χ3n) is 6.24. The summed E-state index contributed by atoms with van der Waals surface area (Å²) in [5.41, 5.74) is 0.501. The molecule has 2 N–H and O–H groups in total. The summed E-state index contributed by atoms with van der Waals surface area (Å²) >= 11 is 0. The SMILES string of the molecule is O=C(NC1CCC(Oc2ccc3nnc(C(F)(F)F)n3n2)CC1)c1ccc(N2CCNCC2)nc1. The zero-order valence-corrected chi connectivity index (χ0v) is 18.8. The molecule has 1 aliphatic carbocycles. The smallest absolute Gasteiger partial charge is 0.453 e. The van der Waals surface area contributed by atoms with E-state index in [9.17, 15) is 18.0 Å². The predicted molar refractivity (Wildman–Crippen MR) is 119 cm³/mol. The Bertz CT molecular complexity index is 1170. The summed E-state index contributed by atoms with van der Waals surface area (Å²) in [6.45, 7) is 3.60. The van der Waals surface area contributed by atoms with Crippen molar-refractivity contribution in [2.24, 2.45) is 0 Å². The van der Waals surface area contributed by atoms with E-state index in [1.54, 1.807) is 12.3 Å². The Morgan fingerprint density at radius 1 is 1.06 bits per heavy atom. The molecule has 0 radical (unpaired) electrons. The van der Waals surface area contributed by atoms with Gasteiger partial charge in [0, 0.05) is 44.5 Å². The number of aromatic nitrogens is 5. The second-order valence-corrected chi connectivity index (χ2v) is 8.67. The van der Waals surface area contributed by atoms with Crippen molar-refractivity contribution in [3.63, 3.8) is 0 Å². The van der Waals surface area contributed by atoms with Gasteiger partial charge in [-0.2, -0.15) is 17.7 Å². The number of pyridine rings is 1. The summed E-state index contributed by atoms with van der Waals surface area (Å²) in [6, 6.07) is 6.51. The number of carbonyl (C=O) groups excluding carboxylic acids is 1. The lowest BCUT2D eigenvalue weighted by molar-refractivity contribution is -0.146. The van der Waals surface area contributed by atoms with Crippen molar-refractivity contribution in [1.29, 1.82) is 0 Å². The molecule has 10 nitrogen and oxygen atoms in total. The van der Waals surface area contributed by atoms with Crippen LogP contribution in [0.15, 0.2) is 30.5 Å². The number of piperazine rings is 1. The first kappa shape index (κ1) is 23.3. The number of rotatable bonds is 5. The van der Waals surface area contributed by atoms with Crippen molar-refractivity contribution in [3.8, 4) is 5.88 Å². The Hall–Kier alpha value is -3.48. The fourth-order valence-corrected chi connectivity index (χ4v) is 4.38. The summed E-state index contributed by atoms with van der Waals surface area (Å²) in [7, 11) is 0. The topological polar surface area (TPSA) is 110 Å². The number of carbonyl (C=O) groups is 1. The Morgan fingerprint density at radius 2 is 1.83 bits per heavy atom. The van der Waals surface area contributed by atoms with Gasteiger partial charge in [-0.1, -0.05) is 0 Å². The summed E-state index contributed by atoms with van der Waals surface area (Å²) in [4.78, 5) is 19.3. The number of fused-ring (bicyclic) bond motifs is 1.